The maximum atomic E-state index is 5.62. The maximum absolute atomic E-state index is 5.62. The van der Waals surface area contributed by atoms with Crippen LogP contribution in [-0.4, -0.2) is 6.04 Å². The van der Waals surface area contributed by atoms with Crippen LogP contribution in [0.1, 0.15) is 19.8 Å². The number of hydrogen-bond acceptors (Lipinski definition) is 1. The minimum absolute atomic E-state index is 0. The van der Waals surface area contributed by atoms with E-state index in [0.29, 0.717) is 6.04 Å². The molecule has 0 amide bonds. The highest BCUT2D eigenvalue weighted by Gasteiger charge is 2.23. The van der Waals surface area contributed by atoms with Crippen molar-refractivity contribution in [2.75, 3.05) is 0 Å². The van der Waals surface area contributed by atoms with Gasteiger partial charge in [-0.2, -0.15) is 0 Å². The molecule has 54 valence electrons. The van der Waals surface area contributed by atoms with Gasteiger partial charge in [-0.1, -0.05) is 12.2 Å². The van der Waals surface area contributed by atoms with E-state index in [0.717, 1.165) is 18.8 Å². The Hall–Kier alpha value is -0.0100. The van der Waals surface area contributed by atoms with E-state index in [2.05, 4.69) is 13.5 Å². The topological polar surface area (TPSA) is 26.0 Å². The maximum Gasteiger partial charge on any atom is 0.00448 e. The van der Waals surface area contributed by atoms with E-state index in [4.69, 9.17) is 5.73 Å². The highest BCUT2D eigenvalue weighted by atomic mass is 35.5. The second-order valence-corrected chi connectivity index (χ2v) is 2.78. The SMILES string of the molecule is C=C1CC(C(C)N)C1.Cl. The third-order valence-corrected chi connectivity index (χ3v) is 1.85. The van der Waals surface area contributed by atoms with Crippen molar-refractivity contribution in [3.63, 3.8) is 0 Å². The van der Waals surface area contributed by atoms with Gasteiger partial charge in [0.25, 0.3) is 0 Å². The van der Waals surface area contributed by atoms with E-state index in [-0.39, 0.29) is 12.4 Å². The molecule has 0 radical (unpaired) electrons. The van der Waals surface area contributed by atoms with E-state index in [1.165, 1.54) is 5.57 Å². The fourth-order valence-electron chi connectivity index (χ4n) is 1.05. The predicted molar refractivity (Wildman–Crippen MR) is 42.8 cm³/mol. The van der Waals surface area contributed by atoms with Gasteiger partial charge in [-0.25, -0.2) is 0 Å². The predicted octanol–water partition coefficient (Wildman–Crippen LogP) is 1.72. The zero-order valence-corrected chi connectivity index (χ0v) is 6.58. The summed E-state index contributed by atoms with van der Waals surface area (Å²) in [6.07, 6.45) is 2.33. The molecule has 2 N–H and O–H groups in total. The van der Waals surface area contributed by atoms with Crippen molar-refractivity contribution in [3.05, 3.63) is 12.2 Å². The van der Waals surface area contributed by atoms with Crippen LogP contribution in [0.15, 0.2) is 12.2 Å². The van der Waals surface area contributed by atoms with Gasteiger partial charge in [0.05, 0.1) is 0 Å². The van der Waals surface area contributed by atoms with Crippen molar-refractivity contribution in [3.8, 4) is 0 Å². The average Bonchev–Trinajstić information content (AvgIpc) is 1.57. The number of hydrogen-bond donors (Lipinski definition) is 1. The van der Waals surface area contributed by atoms with Gasteiger partial charge in [-0.3, -0.25) is 0 Å². The molecule has 1 unspecified atom stereocenters. The van der Waals surface area contributed by atoms with Gasteiger partial charge in [0.15, 0.2) is 0 Å². The smallest absolute Gasteiger partial charge is 0.00448 e. The summed E-state index contributed by atoms with van der Waals surface area (Å²) in [6, 6.07) is 0.375. The van der Waals surface area contributed by atoms with Crippen LogP contribution < -0.4 is 5.73 Å². The molecule has 1 fully saturated rings. The average molecular weight is 148 g/mol. The summed E-state index contributed by atoms with van der Waals surface area (Å²) in [5, 5.41) is 0. The van der Waals surface area contributed by atoms with Gasteiger partial charge in [-0.05, 0) is 25.7 Å². The highest BCUT2D eigenvalue weighted by Crippen LogP contribution is 2.32. The first-order valence-electron chi connectivity index (χ1n) is 3.12. The van der Waals surface area contributed by atoms with Crippen molar-refractivity contribution in [2.45, 2.75) is 25.8 Å². The molecule has 0 aromatic carbocycles. The van der Waals surface area contributed by atoms with E-state index < -0.39 is 0 Å². The number of rotatable bonds is 1. The lowest BCUT2D eigenvalue weighted by atomic mass is 9.77. The molecular weight excluding hydrogens is 134 g/mol. The molecule has 1 aliphatic rings. The zero-order chi connectivity index (χ0) is 6.15. The Balaban J connectivity index is 0.000000640. The molecule has 1 rings (SSSR count). The Morgan fingerprint density at radius 2 is 2.11 bits per heavy atom. The summed E-state index contributed by atoms with van der Waals surface area (Å²) in [4.78, 5) is 0. The van der Waals surface area contributed by atoms with Crippen molar-refractivity contribution >= 4 is 12.4 Å². The second kappa shape index (κ2) is 3.23. The summed E-state index contributed by atoms with van der Waals surface area (Å²) in [7, 11) is 0. The van der Waals surface area contributed by atoms with Crippen LogP contribution in [0.4, 0.5) is 0 Å². The van der Waals surface area contributed by atoms with Gasteiger partial charge >= 0.3 is 0 Å². The van der Waals surface area contributed by atoms with E-state index in [9.17, 15) is 0 Å². The molecule has 0 aromatic heterocycles. The third-order valence-electron chi connectivity index (χ3n) is 1.85. The van der Waals surface area contributed by atoms with Crippen LogP contribution in [0.25, 0.3) is 0 Å². The minimum atomic E-state index is 0. The molecule has 0 spiro atoms. The Morgan fingerprint density at radius 1 is 1.67 bits per heavy atom. The molecule has 0 saturated heterocycles. The summed E-state index contributed by atoms with van der Waals surface area (Å²) < 4.78 is 0. The van der Waals surface area contributed by atoms with Gasteiger partial charge in [-0.15, -0.1) is 12.4 Å². The number of nitrogens with two attached hydrogens (primary N) is 1. The summed E-state index contributed by atoms with van der Waals surface area (Å²) in [5.41, 5.74) is 6.99. The van der Waals surface area contributed by atoms with Crippen LogP contribution in [-0.2, 0) is 0 Å². The first-order valence-corrected chi connectivity index (χ1v) is 3.12. The van der Waals surface area contributed by atoms with Crippen LogP contribution in [0, 0.1) is 5.92 Å². The van der Waals surface area contributed by atoms with Crippen LogP contribution in [0.5, 0.6) is 0 Å². The fourth-order valence-corrected chi connectivity index (χ4v) is 1.05. The van der Waals surface area contributed by atoms with Gasteiger partial charge < -0.3 is 5.73 Å². The Kier molecular flexibility index (Phi) is 3.23. The lowest BCUT2D eigenvalue weighted by Crippen LogP contribution is -2.32. The van der Waals surface area contributed by atoms with Gasteiger partial charge in [0, 0.05) is 6.04 Å². The molecule has 1 aliphatic carbocycles. The van der Waals surface area contributed by atoms with E-state index in [1.807, 2.05) is 0 Å². The molecule has 1 nitrogen and oxygen atoms in total. The molecule has 0 aromatic rings. The lowest BCUT2D eigenvalue weighted by molar-refractivity contribution is 0.358. The monoisotopic (exact) mass is 147 g/mol. The van der Waals surface area contributed by atoms with Crippen molar-refractivity contribution < 1.29 is 0 Å². The molecule has 0 heterocycles. The van der Waals surface area contributed by atoms with Crippen LogP contribution in [0.3, 0.4) is 0 Å². The molecule has 9 heavy (non-hydrogen) atoms. The van der Waals surface area contributed by atoms with Crippen molar-refractivity contribution in [1.82, 2.24) is 0 Å². The van der Waals surface area contributed by atoms with Crippen molar-refractivity contribution in [2.24, 2.45) is 11.7 Å². The Morgan fingerprint density at radius 3 is 2.22 bits per heavy atom. The molecule has 2 heteroatoms. The first-order chi connectivity index (χ1) is 3.70. The van der Waals surface area contributed by atoms with Crippen LogP contribution >= 0.6 is 12.4 Å². The normalized spacial score (nSPS) is 22.2. The number of halogens is 1. The van der Waals surface area contributed by atoms with Crippen molar-refractivity contribution in [1.29, 1.82) is 0 Å². The Labute approximate surface area is 62.7 Å². The lowest BCUT2D eigenvalue weighted by Gasteiger charge is -2.31. The zero-order valence-electron chi connectivity index (χ0n) is 5.76. The fraction of sp³-hybridized carbons (Fsp3) is 0.714. The minimum Gasteiger partial charge on any atom is -0.328 e. The van der Waals surface area contributed by atoms with E-state index in [1.54, 1.807) is 0 Å². The molecule has 1 atom stereocenters. The number of allylic oxidation sites excluding steroid dienone is 1. The van der Waals surface area contributed by atoms with Gasteiger partial charge in [0.2, 0.25) is 0 Å². The Bertz CT molecular complexity index is 101. The summed E-state index contributed by atoms with van der Waals surface area (Å²) >= 11 is 0. The van der Waals surface area contributed by atoms with Crippen LogP contribution in [0.2, 0.25) is 0 Å². The second-order valence-electron chi connectivity index (χ2n) is 2.78. The molecule has 0 aliphatic heterocycles. The highest BCUT2D eigenvalue weighted by molar-refractivity contribution is 5.85. The van der Waals surface area contributed by atoms with Gasteiger partial charge in [0.1, 0.15) is 0 Å². The summed E-state index contributed by atoms with van der Waals surface area (Å²) in [5.74, 6) is 0.738. The first kappa shape index (κ1) is 8.99. The molecule has 1 saturated carbocycles. The standard InChI is InChI=1S/C7H13N.ClH/c1-5-3-7(4-5)6(2)8;/h6-7H,1,3-4,8H2,2H3;1H. The molecular formula is C7H14ClN. The van der Waals surface area contributed by atoms with E-state index >= 15 is 0 Å². The quantitative estimate of drug-likeness (QED) is 0.562. The third kappa shape index (κ3) is 1.99. The summed E-state index contributed by atoms with van der Waals surface area (Å²) in [6.45, 7) is 5.90. The molecule has 0 bridgehead atoms. The largest absolute Gasteiger partial charge is 0.328 e.